The topological polar surface area (TPSA) is 17.1 Å². The fourth-order valence-corrected chi connectivity index (χ4v) is 4.90. The van der Waals surface area contributed by atoms with Crippen molar-refractivity contribution in [2.45, 2.75) is 123 Å². The third-order valence-corrected chi connectivity index (χ3v) is 6.49. The molecule has 0 fully saturated rings. The van der Waals surface area contributed by atoms with Crippen LogP contribution in [0.5, 0.6) is 0 Å². The van der Waals surface area contributed by atoms with Crippen molar-refractivity contribution >= 4 is 14.0 Å². The molecule has 0 aliphatic rings. The standard InChI is InChI=1S/C24H43OP/c1-3-5-6-7-8-9-10-11-12-13-14-15-16-17-18-19-24(25)23-21-26-20-22(23)4-2/h20-21,26H,3-19H2,1-2H3. The molecule has 0 aromatic carbocycles. The van der Waals surface area contributed by atoms with Crippen molar-refractivity contribution in [2.24, 2.45) is 0 Å². The van der Waals surface area contributed by atoms with Crippen LogP contribution >= 0.6 is 8.19 Å². The van der Waals surface area contributed by atoms with Gasteiger partial charge in [0.2, 0.25) is 0 Å². The number of aryl methyl sites for hydroxylation is 1. The largest absolute Gasteiger partial charge is 0.294 e. The van der Waals surface area contributed by atoms with E-state index in [2.05, 4.69) is 25.4 Å². The van der Waals surface area contributed by atoms with E-state index in [1.807, 2.05) is 0 Å². The molecule has 1 unspecified atom stereocenters. The summed E-state index contributed by atoms with van der Waals surface area (Å²) in [6.45, 7) is 4.43. The summed E-state index contributed by atoms with van der Waals surface area (Å²) in [7, 11) is 0.728. The maximum absolute atomic E-state index is 12.2. The predicted molar refractivity (Wildman–Crippen MR) is 119 cm³/mol. The summed E-state index contributed by atoms with van der Waals surface area (Å²) in [5, 5.41) is 0. The number of unbranched alkanes of at least 4 members (excludes halogenated alkanes) is 14. The molecule has 0 saturated heterocycles. The van der Waals surface area contributed by atoms with Crippen LogP contribution in [0.1, 0.15) is 133 Å². The van der Waals surface area contributed by atoms with Crippen LogP contribution in [-0.4, -0.2) is 5.78 Å². The summed E-state index contributed by atoms with van der Waals surface area (Å²) in [6, 6.07) is 0. The van der Waals surface area contributed by atoms with E-state index in [4.69, 9.17) is 0 Å². The number of carbonyl (C=O) groups is 1. The molecule has 1 rings (SSSR count). The Balaban J connectivity index is 1.83. The van der Waals surface area contributed by atoms with Gasteiger partial charge in [-0.2, -0.15) is 0 Å². The minimum absolute atomic E-state index is 0.387. The molecular formula is C24H43OP. The van der Waals surface area contributed by atoms with Crippen molar-refractivity contribution in [3.8, 4) is 0 Å². The van der Waals surface area contributed by atoms with E-state index in [-0.39, 0.29) is 0 Å². The van der Waals surface area contributed by atoms with Gasteiger partial charge in [-0.05, 0) is 30.0 Å². The Labute approximate surface area is 164 Å². The summed E-state index contributed by atoms with van der Waals surface area (Å²) in [5.74, 6) is 4.77. The smallest absolute Gasteiger partial charge is 0.163 e. The summed E-state index contributed by atoms with van der Waals surface area (Å²) in [6.07, 6.45) is 22.4. The monoisotopic (exact) mass is 378 g/mol. The van der Waals surface area contributed by atoms with E-state index in [1.165, 1.54) is 95.5 Å². The van der Waals surface area contributed by atoms with Gasteiger partial charge >= 0.3 is 0 Å². The van der Waals surface area contributed by atoms with Crippen LogP contribution in [0.3, 0.4) is 0 Å². The van der Waals surface area contributed by atoms with E-state index >= 15 is 0 Å². The molecular weight excluding hydrogens is 335 g/mol. The molecule has 0 amide bonds. The second-order valence-electron chi connectivity index (χ2n) is 7.87. The lowest BCUT2D eigenvalue weighted by Gasteiger charge is -2.04. The second-order valence-corrected chi connectivity index (χ2v) is 8.78. The van der Waals surface area contributed by atoms with Crippen LogP contribution in [0, 0.1) is 0 Å². The third-order valence-electron chi connectivity index (χ3n) is 5.52. The second kappa shape index (κ2) is 16.6. The van der Waals surface area contributed by atoms with Gasteiger partial charge in [-0.15, -0.1) is 8.19 Å². The fraction of sp³-hybridized carbons (Fsp3) is 0.792. The van der Waals surface area contributed by atoms with Gasteiger partial charge in [-0.25, -0.2) is 0 Å². The minimum Gasteiger partial charge on any atom is -0.294 e. The Morgan fingerprint density at radius 3 is 1.62 bits per heavy atom. The molecule has 0 aliphatic heterocycles. The highest BCUT2D eigenvalue weighted by atomic mass is 31.0. The molecule has 0 N–H and O–H groups in total. The molecule has 150 valence electrons. The lowest BCUT2D eigenvalue weighted by Crippen LogP contribution is -2.00. The van der Waals surface area contributed by atoms with Crippen LogP contribution in [0.4, 0.5) is 0 Å². The first-order valence-corrected chi connectivity index (χ1v) is 12.6. The average Bonchev–Trinajstić information content (AvgIpc) is 3.13. The number of rotatable bonds is 18. The molecule has 1 aromatic rings. The zero-order valence-corrected chi connectivity index (χ0v) is 18.6. The predicted octanol–water partition coefficient (Wildman–Crippen LogP) is 8.72. The molecule has 1 aromatic heterocycles. The Kier molecular flexibility index (Phi) is 15.0. The summed E-state index contributed by atoms with van der Waals surface area (Å²) in [4.78, 5) is 12.2. The Morgan fingerprint density at radius 2 is 1.15 bits per heavy atom. The van der Waals surface area contributed by atoms with E-state index in [1.54, 1.807) is 0 Å². The van der Waals surface area contributed by atoms with Crippen LogP contribution in [0.2, 0.25) is 0 Å². The van der Waals surface area contributed by atoms with E-state index in [0.717, 1.165) is 33.0 Å². The van der Waals surface area contributed by atoms with Crippen molar-refractivity contribution in [3.63, 3.8) is 0 Å². The normalized spacial score (nSPS) is 11.5. The molecule has 0 spiro atoms. The van der Waals surface area contributed by atoms with E-state index in [0.29, 0.717) is 5.78 Å². The molecule has 0 aliphatic carbocycles. The van der Waals surface area contributed by atoms with Crippen LogP contribution < -0.4 is 0 Å². The molecule has 0 saturated carbocycles. The third kappa shape index (κ3) is 11.2. The quantitative estimate of drug-likeness (QED) is 0.184. The van der Waals surface area contributed by atoms with Crippen molar-refractivity contribution in [1.29, 1.82) is 0 Å². The zero-order valence-electron chi connectivity index (χ0n) is 17.6. The van der Waals surface area contributed by atoms with Crippen LogP contribution in [0.25, 0.3) is 0 Å². The lowest BCUT2D eigenvalue weighted by atomic mass is 10.0. The van der Waals surface area contributed by atoms with E-state index in [9.17, 15) is 4.79 Å². The van der Waals surface area contributed by atoms with Gasteiger partial charge in [0.1, 0.15) is 0 Å². The summed E-state index contributed by atoms with van der Waals surface area (Å²) in [5.41, 5.74) is 2.32. The highest BCUT2D eigenvalue weighted by Crippen LogP contribution is 2.22. The lowest BCUT2D eigenvalue weighted by molar-refractivity contribution is 0.0978. The number of hydrogen-bond acceptors (Lipinski definition) is 1. The highest BCUT2D eigenvalue weighted by molar-refractivity contribution is 7.28. The average molecular weight is 379 g/mol. The summed E-state index contributed by atoms with van der Waals surface area (Å²) >= 11 is 0. The molecule has 1 atom stereocenters. The maximum Gasteiger partial charge on any atom is 0.163 e. The first-order chi connectivity index (χ1) is 12.8. The Hall–Kier alpha value is -0.550. The van der Waals surface area contributed by atoms with Crippen molar-refractivity contribution in [2.75, 3.05) is 0 Å². The maximum atomic E-state index is 12.2. The van der Waals surface area contributed by atoms with Gasteiger partial charge < -0.3 is 0 Å². The molecule has 1 heterocycles. The van der Waals surface area contributed by atoms with Crippen LogP contribution in [0.15, 0.2) is 11.6 Å². The van der Waals surface area contributed by atoms with Crippen molar-refractivity contribution in [3.05, 3.63) is 22.7 Å². The van der Waals surface area contributed by atoms with Crippen molar-refractivity contribution < 1.29 is 4.79 Å². The van der Waals surface area contributed by atoms with Crippen LogP contribution in [-0.2, 0) is 6.42 Å². The number of hydrogen-bond donors (Lipinski definition) is 0. The van der Waals surface area contributed by atoms with Gasteiger partial charge in [-0.1, -0.05) is 104 Å². The fourth-order valence-electron chi connectivity index (χ4n) is 3.74. The Bertz CT molecular complexity index is 449. The Morgan fingerprint density at radius 1 is 0.692 bits per heavy atom. The van der Waals surface area contributed by atoms with E-state index < -0.39 is 0 Å². The first kappa shape index (κ1) is 23.5. The first-order valence-electron chi connectivity index (χ1n) is 11.5. The molecule has 0 radical (unpaired) electrons. The van der Waals surface area contributed by atoms with Gasteiger partial charge in [0, 0.05) is 12.0 Å². The van der Waals surface area contributed by atoms with Gasteiger partial charge in [0.05, 0.1) is 0 Å². The highest BCUT2D eigenvalue weighted by Gasteiger charge is 2.10. The number of Topliss-reactive ketones (excluding diaryl/α,β-unsaturated/α-hetero) is 1. The van der Waals surface area contributed by atoms with Gasteiger partial charge in [0.25, 0.3) is 0 Å². The zero-order chi connectivity index (χ0) is 18.9. The number of ketones is 1. The molecule has 1 nitrogen and oxygen atoms in total. The molecule has 26 heavy (non-hydrogen) atoms. The van der Waals surface area contributed by atoms with Gasteiger partial charge in [-0.3, -0.25) is 4.79 Å². The van der Waals surface area contributed by atoms with Crippen molar-refractivity contribution in [1.82, 2.24) is 0 Å². The number of carbonyl (C=O) groups excluding carboxylic acids is 1. The summed E-state index contributed by atoms with van der Waals surface area (Å²) < 4.78 is 0. The SMILES string of the molecule is CCCCCCCCCCCCCCCCCC(=O)c1c[pH]cc1CC. The molecule has 0 bridgehead atoms. The minimum atomic E-state index is 0.387. The molecule has 2 heteroatoms. The van der Waals surface area contributed by atoms with Gasteiger partial charge in [0.15, 0.2) is 5.78 Å².